The fraction of sp³-hybridized carbons (Fsp3) is 0.779. The summed E-state index contributed by atoms with van der Waals surface area (Å²) in [6, 6.07) is 0. The molecule has 0 saturated heterocycles. The molecule has 0 aliphatic carbocycles. The minimum absolute atomic E-state index is 0.0767. The van der Waals surface area contributed by atoms with Crippen molar-refractivity contribution in [2.24, 2.45) is 0 Å². The monoisotopic (exact) mass is 1160 g/mol. The Balaban J connectivity index is 4.25. The number of hydrogen-bond donors (Lipinski definition) is 0. The van der Waals surface area contributed by atoms with Crippen LogP contribution in [-0.2, 0) is 28.6 Å². The molecule has 0 aromatic carbocycles. The number of ether oxygens (including phenoxy) is 3. The molecule has 1 atom stereocenters. The van der Waals surface area contributed by atoms with Crippen LogP contribution in [0.4, 0.5) is 0 Å². The van der Waals surface area contributed by atoms with E-state index in [2.05, 4.69) is 106 Å². The van der Waals surface area contributed by atoms with Gasteiger partial charge in [-0.05, 0) is 116 Å². The molecule has 0 saturated carbocycles. The van der Waals surface area contributed by atoms with Gasteiger partial charge in [-0.25, -0.2) is 0 Å². The molecule has 0 spiro atoms. The second kappa shape index (κ2) is 71.1. The summed E-state index contributed by atoms with van der Waals surface area (Å²) >= 11 is 0. The Morgan fingerprint density at radius 3 is 0.759 bits per heavy atom. The molecule has 6 heteroatoms. The molecular formula is C77H136O6. The second-order valence-electron chi connectivity index (χ2n) is 24.1. The van der Waals surface area contributed by atoms with E-state index in [-0.39, 0.29) is 31.1 Å². The van der Waals surface area contributed by atoms with Crippen LogP contribution in [0.2, 0.25) is 0 Å². The molecule has 6 nitrogen and oxygen atoms in total. The molecule has 0 N–H and O–H groups in total. The van der Waals surface area contributed by atoms with Crippen LogP contribution < -0.4 is 0 Å². The molecule has 480 valence electrons. The van der Waals surface area contributed by atoms with Crippen LogP contribution in [0.1, 0.15) is 367 Å². The van der Waals surface area contributed by atoms with Gasteiger partial charge in [0.1, 0.15) is 13.2 Å². The van der Waals surface area contributed by atoms with Gasteiger partial charge < -0.3 is 14.2 Å². The molecule has 0 amide bonds. The van der Waals surface area contributed by atoms with Crippen molar-refractivity contribution in [1.29, 1.82) is 0 Å². The van der Waals surface area contributed by atoms with E-state index in [9.17, 15) is 14.4 Å². The average molecular weight is 1160 g/mol. The lowest BCUT2D eigenvalue weighted by Crippen LogP contribution is -2.30. The molecule has 0 rings (SSSR count). The fourth-order valence-electron chi connectivity index (χ4n) is 10.5. The van der Waals surface area contributed by atoms with Gasteiger partial charge in [0.05, 0.1) is 0 Å². The summed E-state index contributed by atoms with van der Waals surface area (Å²) in [5.74, 6) is -0.869. The zero-order valence-electron chi connectivity index (χ0n) is 55.2. The first-order chi connectivity index (χ1) is 41.0. The normalized spacial score (nSPS) is 12.6. The van der Waals surface area contributed by atoms with Crippen molar-refractivity contribution >= 4 is 17.9 Å². The first-order valence-electron chi connectivity index (χ1n) is 36.1. The van der Waals surface area contributed by atoms with Gasteiger partial charge in [-0.15, -0.1) is 0 Å². The van der Waals surface area contributed by atoms with E-state index in [4.69, 9.17) is 14.2 Å². The number of carbonyl (C=O) groups is 3. The van der Waals surface area contributed by atoms with Crippen molar-refractivity contribution in [3.8, 4) is 0 Å². The second-order valence-corrected chi connectivity index (χ2v) is 24.1. The van der Waals surface area contributed by atoms with Crippen LogP contribution in [-0.4, -0.2) is 37.2 Å². The summed E-state index contributed by atoms with van der Waals surface area (Å²) in [5.41, 5.74) is 0. The van der Waals surface area contributed by atoms with Gasteiger partial charge in [-0.3, -0.25) is 14.4 Å². The summed E-state index contributed by atoms with van der Waals surface area (Å²) in [4.78, 5) is 38.5. The van der Waals surface area contributed by atoms with Gasteiger partial charge in [0, 0.05) is 19.3 Å². The number of hydrogen-bond acceptors (Lipinski definition) is 6. The Morgan fingerprint density at radius 2 is 0.470 bits per heavy atom. The smallest absolute Gasteiger partial charge is 0.306 e. The lowest BCUT2D eigenvalue weighted by atomic mass is 10.0. The Morgan fingerprint density at radius 1 is 0.253 bits per heavy atom. The maximum Gasteiger partial charge on any atom is 0.306 e. The Bertz CT molecular complexity index is 1570. The minimum Gasteiger partial charge on any atom is -0.462 e. The highest BCUT2D eigenvalue weighted by Crippen LogP contribution is 2.18. The summed E-state index contributed by atoms with van der Waals surface area (Å²) in [5, 5.41) is 0. The highest BCUT2D eigenvalue weighted by atomic mass is 16.6. The van der Waals surface area contributed by atoms with Crippen LogP contribution in [0.15, 0.2) is 85.1 Å². The molecule has 0 aliphatic rings. The van der Waals surface area contributed by atoms with Crippen LogP contribution >= 0.6 is 0 Å². The van der Waals surface area contributed by atoms with Crippen molar-refractivity contribution in [3.63, 3.8) is 0 Å². The highest BCUT2D eigenvalue weighted by Gasteiger charge is 2.19. The summed E-state index contributed by atoms with van der Waals surface area (Å²) < 4.78 is 17.0. The van der Waals surface area contributed by atoms with Crippen LogP contribution in [0.3, 0.4) is 0 Å². The molecule has 0 aromatic heterocycles. The third-order valence-corrected chi connectivity index (χ3v) is 15.9. The molecule has 1 unspecified atom stereocenters. The first-order valence-corrected chi connectivity index (χ1v) is 36.1. The lowest BCUT2D eigenvalue weighted by molar-refractivity contribution is -0.167. The van der Waals surface area contributed by atoms with Gasteiger partial charge in [0.25, 0.3) is 0 Å². The Kier molecular flexibility index (Phi) is 68.2. The molecular weight excluding hydrogens is 1020 g/mol. The van der Waals surface area contributed by atoms with E-state index >= 15 is 0 Å². The third kappa shape index (κ3) is 69.3. The summed E-state index contributed by atoms with van der Waals surface area (Å²) in [6.45, 7) is 6.54. The van der Waals surface area contributed by atoms with Crippen LogP contribution in [0, 0.1) is 0 Å². The van der Waals surface area contributed by atoms with Crippen molar-refractivity contribution in [3.05, 3.63) is 85.1 Å². The predicted molar refractivity (Wildman–Crippen MR) is 362 cm³/mol. The van der Waals surface area contributed by atoms with Gasteiger partial charge in [0.15, 0.2) is 6.10 Å². The largest absolute Gasteiger partial charge is 0.462 e. The number of rotatable bonds is 66. The van der Waals surface area contributed by atoms with Gasteiger partial charge in [-0.1, -0.05) is 318 Å². The van der Waals surface area contributed by atoms with Gasteiger partial charge in [0.2, 0.25) is 0 Å². The number of esters is 3. The quantitative estimate of drug-likeness (QED) is 0.0261. The summed E-state index contributed by atoms with van der Waals surface area (Å²) in [6.07, 6.45) is 94.7. The van der Waals surface area contributed by atoms with E-state index < -0.39 is 6.10 Å². The van der Waals surface area contributed by atoms with Crippen molar-refractivity contribution < 1.29 is 28.6 Å². The molecule has 83 heavy (non-hydrogen) atoms. The van der Waals surface area contributed by atoms with Gasteiger partial charge >= 0.3 is 17.9 Å². The zero-order chi connectivity index (χ0) is 59.9. The van der Waals surface area contributed by atoms with E-state index in [0.717, 1.165) is 96.3 Å². The first kappa shape index (κ1) is 79.6. The average Bonchev–Trinajstić information content (AvgIpc) is 3.49. The summed E-state index contributed by atoms with van der Waals surface area (Å²) in [7, 11) is 0. The number of allylic oxidation sites excluding steroid dienone is 14. The van der Waals surface area contributed by atoms with E-state index in [1.165, 1.54) is 231 Å². The lowest BCUT2D eigenvalue weighted by Gasteiger charge is -2.18. The zero-order valence-corrected chi connectivity index (χ0v) is 55.2. The van der Waals surface area contributed by atoms with E-state index in [1.54, 1.807) is 0 Å². The molecule has 0 radical (unpaired) electrons. The molecule has 0 heterocycles. The van der Waals surface area contributed by atoms with E-state index in [1.807, 2.05) is 0 Å². The Hall–Kier alpha value is -3.41. The molecule has 0 aromatic rings. The SMILES string of the molecule is CC/C=C\C/C=C\C/C=C\C/C=C\CCCCCCCCCCCCCCC(=O)OC(COC(=O)CCCCCCC/C=C\CCCCCC)COC(=O)CCCCCCCCCCCCCCCCC/C=C\C/C=C\CCCCCCC. The topological polar surface area (TPSA) is 78.9 Å². The predicted octanol–water partition coefficient (Wildman–Crippen LogP) is 25.0. The van der Waals surface area contributed by atoms with Crippen molar-refractivity contribution in [2.75, 3.05) is 13.2 Å². The third-order valence-electron chi connectivity index (χ3n) is 15.9. The van der Waals surface area contributed by atoms with Gasteiger partial charge in [-0.2, -0.15) is 0 Å². The number of unbranched alkanes of at least 4 members (excludes halogenated alkanes) is 41. The maximum absolute atomic E-state index is 13.0. The van der Waals surface area contributed by atoms with Crippen LogP contribution in [0.25, 0.3) is 0 Å². The maximum atomic E-state index is 13.0. The molecule has 0 fully saturated rings. The molecule has 0 aliphatic heterocycles. The van der Waals surface area contributed by atoms with Crippen molar-refractivity contribution in [2.45, 2.75) is 374 Å². The minimum atomic E-state index is -0.782. The molecule has 0 bridgehead atoms. The van der Waals surface area contributed by atoms with Crippen LogP contribution in [0.5, 0.6) is 0 Å². The Labute approximate surface area is 515 Å². The highest BCUT2D eigenvalue weighted by molar-refractivity contribution is 5.71. The number of carbonyl (C=O) groups excluding carboxylic acids is 3. The van der Waals surface area contributed by atoms with E-state index in [0.29, 0.717) is 19.3 Å². The van der Waals surface area contributed by atoms with Crippen molar-refractivity contribution in [1.82, 2.24) is 0 Å². The fourth-order valence-corrected chi connectivity index (χ4v) is 10.5. The standard InChI is InChI=1S/C77H136O6/c1-4-7-10-13-16-19-22-25-27-29-31-33-35-37-38-40-41-43-45-47-49-52-55-58-61-64-67-70-76(79)82-73-74(72-81-75(78)69-66-63-60-57-54-51-24-21-18-15-12-9-6-3)83-77(80)71-68-65-62-59-56-53-50-48-46-44-42-39-36-34-32-30-28-26-23-20-17-14-11-8-5-2/h8,11,17,20-22,24-26,28-29,31-32,34,74H,4-7,9-10,12-16,18-19,23,27,30,33,35-73H2,1-3H3/b11-8-,20-17-,24-21-,25-22-,28-26-,31-29-,34-32-.